The summed E-state index contributed by atoms with van der Waals surface area (Å²) < 4.78 is 79.8. The monoisotopic (exact) mass is 435 g/mol. The smallest absolute Gasteiger partial charge is 0.341 e. The van der Waals surface area contributed by atoms with Crippen LogP contribution in [0.15, 0.2) is 12.1 Å². The highest BCUT2D eigenvalue weighted by molar-refractivity contribution is 5.87. The normalized spacial score (nSPS) is 27.2. The SMILES string of the molecule is CN(C(=O)[C@@H]1[C@H]2CC[C@H](C2)N1c1cc(C(F)(F)F)cc(C(F)(F)F)n1)C1CCCC1. The number of likely N-dealkylation sites (N-methyl/N-ethyl adjacent to an activating group) is 1. The summed E-state index contributed by atoms with van der Waals surface area (Å²) in [4.78, 5) is 19.9. The molecule has 2 bridgehead atoms. The van der Waals surface area contributed by atoms with E-state index in [4.69, 9.17) is 0 Å². The predicted octanol–water partition coefficient (Wildman–Crippen LogP) is 4.88. The molecule has 0 spiro atoms. The van der Waals surface area contributed by atoms with Crippen LogP contribution in [0.2, 0.25) is 0 Å². The predicted molar refractivity (Wildman–Crippen MR) is 96.7 cm³/mol. The summed E-state index contributed by atoms with van der Waals surface area (Å²) >= 11 is 0. The molecule has 1 saturated heterocycles. The molecule has 3 fully saturated rings. The van der Waals surface area contributed by atoms with Crippen molar-refractivity contribution < 1.29 is 31.1 Å². The van der Waals surface area contributed by atoms with Crippen molar-refractivity contribution in [2.75, 3.05) is 11.9 Å². The highest BCUT2D eigenvalue weighted by Gasteiger charge is 2.52. The quantitative estimate of drug-likeness (QED) is 0.636. The van der Waals surface area contributed by atoms with E-state index in [2.05, 4.69) is 4.98 Å². The Morgan fingerprint density at radius 2 is 1.70 bits per heavy atom. The van der Waals surface area contributed by atoms with Crippen molar-refractivity contribution in [3.63, 3.8) is 0 Å². The van der Waals surface area contributed by atoms with Gasteiger partial charge in [-0.2, -0.15) is 26.3 Å². The number of anilines is 1. The van der Waals surface area contributed by atoms with Gasteiger partial charge in [-0.05, 0) is 50.2 Å². The maximum atomic E-state index is 13.3. The standard InChI is InChI=1S/C20H23F6N3O/c1-28(13-4-2-3-5-13)18(30)17-11-6-7-14(8-11)29(17)16-10-12(19(21,22)23)9-15(27-16)20(24,25)26/h9-11,13-14,17H,2-8H2,1H3/t11-,14+,17-/m0/s1. The number of hydrogen-bond donors (Lipinski definition) is 0. The van der Waals surface area contributed by atoms with Crippen LogP contribution >= 0.6 is 0 Å². The first-order chi connectivity index (χ1) is 14.0. The minimum Gasteiger partial charge on any atom is -0.341 e. The lowest BCUT2D eigenvalue weighted by atomic mass is 9.96. The van der Waals surface area contributed by atoms with Crippen molar-refractivity contribution in [2.24, 2.45) is 5.92 Å². The summed E-state index contributed by atoms with van der Waals surface area (Å²) in [6.45, 7) is 0. The molecule has 1 aromatic rings. The molecule has 0 N–H and O–H groups in total. The van der Waals surface area contributed by atoms with E-state index in [0.717, 1.165) is 32.1 Å². The molecule has 4 nitrogen and oxygen atoms in total. The number of carbonyl (C=O) groups is 1. The van der Waals surface area contributed by atoms with Crippen LogP contribution in [0.1, 0.15) is 56.2 Å². The highest BCUT2D eigenvalue weighted by atomic mass is 19.4. The van der Waals surface area contributed by atoms with Crippen molar-refractivity contribution in [2.45, 2.75) is 75.4 Å². The van der Waals surface area contributed by atoms with Gasteiger partial charge in [0.15, 0.2) is 0 Å². The van der Waals surface area contributed by atoms with E-state index in [1.807, 2.05) is 0 Å². The molecule has 30 heavy (non-hydrogen) atoms. The lowest BCUT2D eigenvalue weighted by Gasteiger charge is -2.39. The number of alkyl halides is 6. The van der Waals surface area contributed by atoms with E-state index >= 15 is 0 Å². The van der Waals surface area contributed by atoms with E-state index in [9.17, 15) is 31.1 Å². The van der Waals surface area contributed by atoms with Gasteiger partial charge in [-0.25, -0.2) is 4.98 Å². The first-order valence-corrected chi connectivity index (χ1v) is 10.2. The lowest BCUT2D eigenvalue weighted by Crippen LogP contribution is -2.53. The van der Waals surface area contributed by atoms with Crippen molar-refractivity contribution in [3.8, 4) is 0 Å². The molecule has 0 aromatic carbocycles. The van der Waals surface area contributed by atoms with Gasteiger partial charge in [0.1, 0.15) is 17.6 Å². The van der Waals surface area contributed by atoms with Gasteiger partial charge in [-0.1, -0.05) is 12.8 Å². The summed E-state index contributed by atoms with van der Waals surface area (Å²) in [6, 6.07) is -0.312. The molecule has 2 aliphatic carbocycles. The largest absolute Gasteiger partial charge is 0.433 e. The molecule has 0 unspecified atom stereocenters. The van der Waals surface area contributed by atoms with E-state index in [-0.39, 0.29) is 30.0 Å². The second-order valence-corrected chi connectivity index (χ2v) is 8.56. The van der Waals surface area contributed by atoms with Gasteiger partial charge in [0.25, 0.3) is 0 Å². The van der Waals surface area contributed by atoms with Gasteiger partial charge < -0.3 is 9.80 Å². The van der Waals surface area contributed by atoms with Gasteiger partial charge >= 0.3 is 12.4 Å². The Hall–Kier alpha value is -2.00. The first-order valence-electron chi connectivity index (χ1n) is 10.2. The zero-order chi connectivity index (χ0) is 21.8. The van der Waals surface area contributed by atoms with Gasteiger partial charge in [-0.15, -0.1) is 0 Å². The Labute approximate surface area is 170 Å². The van der Waals surface area contributed by atoms with E-state index < -0.39 is 35.5 Å². The molecule has 2 saturated carbocycles. The second-order valence-electron chi connectivity index (χ2n) is 8.56. The van der Waals surface area contributed by atoms with Gasteiger partial charge in [0.05, 0.1) is 5.56 Å². The number of pyridine rings is 1. The summed E-state index contributed by atoms with van der Waals surface area (Å²) in [5.41, 5.74) is -3.00. The number of aromatic nitrogens is 1. The Balaban J connectivity index is 1.73. The number of carbonyl (C=O) groups excluding carboxylic acids is 1. The van der Waals surface area contributed by atoms with E-state index in [0.29, 0.717) is 18.9 Å². The molecule has 3 aliphatic rings. The Morgan fingerprint density at radius 3 is 2.30 bits per heavy atom. The molecule has 2 heterocycles. The molecule has 10 heteroatoms. The first kappa shape index (κ1) is 21.2. The fourth-order valence-electron chi connectivity index (χ4n) is 5.27. The number of fused-ring (bicyclic) bond motifs is 2. The Bertz CT molecular complexity index is 785. The van der Waals surface area contributed by atoms with Crippen molar-refractivity contribution in [1.82, 2.24) is 9.88 Å². The minimum atomic E-state index is -5.02. The summed E-state index contributed by atoms with van der Waals surface area (Å²) in [5.74, 6) is -0.735. The number of amides is 1. The van der Waals surface area contributed by atoms with Crippen LogP contribution < -0.4 is 4.90 Å². The van der Waals surface area contributed by atoms with Gasteiger partial charge in [-0.3, -0.25) is 4.79 Å². The van der Waals surface area contributed by atoms with Crippen molar-refractivity contribution in [3.05, 3.63) is 23.4 Å². The third-order valence-electron chi connectivity index (χ3n) is 6.75. The summed E-state index contributed by atoms with van der Waals surface area (Å²) in [6.07, 6.45) is -4.28. The average molecular weight is 435 g/mol. The van der Waals surface area contributed by atoms with Crippen LogP contribution in [0.3, 0.4) is 0 Å². The van der Waals surface area contributed by atoms with Crippen LogP contribution in [-0.4, -0.2) is 41.0 Å². The second kappa shape index (κ2) is 7.30. The average Bonchev–Trinajstić information content (AvgIpc) is 3.41. The van der Waals surface area contributed by atoms with Crippen LogP contribution in [0, 0.1) is 5.92 Å². The van der Waals surface area contributed by atoms with E-state index in [1.54, 1.807) is 11.9 Å². The maximum Gasteiger partial charge on any atom is 0.433 e. The topological polar surface area (TPSA) is 36.4 Å². The molecule has 1 aromatic heterocycles. The number of hydrogen-bond acceptors (Lipinski definition) is 3. The molecular formula is C20H23F6N3O. The fourth-order valence-corrected chi connectivity index (χ4v) is 5.27. The fraction of sp³-hybridized carbons (Fsp3) is 0.700. The lowest BCUT2D eigenvalue weighted by molar-refractivity contribution is -0.145. The Morgan fingerprint density at radius 1 is 1.03 bits per heavy atom. The Kier molecular flexibility index (Phi) is 5.17. The molecular weight excluding hydrogens is 412 g/mol. The third-order valence-corrected chi connectivity index (χ3v) is 6.75. The van der Waals surface area contributed by atoms with E-state index in [1.165, 1.54) is 4.90 Å². The van der Waals surface area contributed by atoms with Crippen molar-refractivity contribution >= 4 is 11.7 Å². The third kappa shape index (κ3) is 3.73. The number of nitrogens with zero attached hydrogens (tertiary/aromatic N) is 3. The molecule has 3 atom stereocenters. The molecule has 166 valence electrons. The molecule has 1 amide bonds. The number of halogens is 6. The number of rotatable bonds is 3. The maximum absolute atomic E-state index is 13.3. The highest BCUT2D eigenvalue weighted by Crippen LogP contribution is 2.47. The molecule has 4 rings (SSSR count). The number of piperidine rings is 1. The summed E-state index contributed by atoms with van der Waals surface area (Å²) in [5, 5.41) is 0. The molecule has 1 aliphatic heterocycles. The van der Waals surface area contributed by atoms with Crippen LogP contribution in [0.4, 0.5) is 32.2 Å². The van der Waals surface area contributed by atoms with Gasteiger partial charge in [0.2, 0.25) is 5.91 Å². The van der Waals surface area contributed by atoms with Crippen LogP contribution in [0.5, 0.6) is 0 Å². The minimum absolute atomic E-state index is 0.0271. The molecule has 0 radical (unpaired) electrons. The van der Waals surface area contributed by atoms with Crippen LogP contribution in [-0.2, 0) is 17.1 Å². The van der Waals surface area contributed by atoms with Crippen LogP contribution in [0.25, 0.3) is 0 Å². The zero-order valence-corrected chi connectivity index (χ0v) is 16.4. The van der Waals surface area contributed by atoms with Gasteiger partial charge in [0, 0.05) is 19.1 Å². The summed E-state index contributed by atoms with van der Waals surface area (Å²) in [7, 11) is 1.68. The van der Waals surface area contributed by atoms with Crippen molar-refractivity contribution in [1.29, 1.82) is 0 Å². The zero-order valence-electron chi connectivity index (χ0n) is 16.4.